The van der Waals surface area contributed by atoms with Crippen LogP contribution in [0, 0.1) is 12.7 Å². The fourth-order valence-corrected chi connectivity index (χ4v) is 4.33. The van der Waals surface area contributed by atoms with E-state index >= 15 is 0 Å². The highest BCUT2D eigenvalue weighted by Crippen LogP contribution is 2.39. The summed E-state index contributed by atoms with van der Waals surface area (Å²) in [5.74, 6) is -1.35. The Balaban J connectivity index is 2.03. The van der Waals surface area contributed by atoms with Gasteiger partial charge >= 0.3 is 0 Å². The van der Waals surface area contributed by atoms with Gasteiger partial charge in [0.25, 0.3) is 11.7 Å². The number of rotatable bonds is 11. The average molecular weight is 483 g/mol. The number of nitrogens with zero attached hydrogens (tertiary/aromatic N) is 2. The molecular formula is C28H35FN2O4. The number of hydrogen-bond donors (Lipinski definition) is 1. The number of unbranched alkanes of at least 4 members (excludes halogenated alkanes) is 1. The Morgan fingerprint density at radius 1 is 1.09 bits per heavy atom. The summed E-state index contributed by atoms with van der Waals surface area (Å²) in [6, 6.07) is 10.1. The van der Waals surface area contributed by atoms with Crippen molar-refractivity contribution in [3.05, 3.63) is 70.5 Å². The predicted molar refractivity (Wildman–Crippen MR) is 135 cm³/mol. The average Bonchev–Trinajstić information content (AvgIpc) is 3.10. The Bertz CT molecular complexity index is 1080. The molecule has 2 aromatic carbocycles. The number of likely N-dealkylation sites (tertiary alicyclic amines) is 1. The van der Waals surface area contributed by atoms with Gasteiger partial charge in [0.05, 0.1) is 18.2 Å². The van der Waals surface area contributed by atoms with Gasteiger partial charge in [0.15, 0.2) is 0 Å². The molecule has 7 heteroatoms. The van der Waals surface area contributed by atoms with E-state index < -0.39 is 23.5 Å². The van der Waals surface area contributed by atoms with Crippen molar-refractivity contribution in [2.24, 2.45) is 0 Å². The largest absolute Gasteiger partial charge is 0.507 e. The zero-order valence-corrected chi connectivity index (χ0v) is 21.0. The third-order valence-corrected chi connectivity index (χ3v) is 6.48. The second-order valence-electron chi connectivity index (χ2n) is 8.75. The van der Waals surface area contributed by atoms with Gasteiger partial charge in [-0.05, 0) is 67.9 Å². The van der Waals surface area contributed by atoms with Crippen LogP contribution in [0.2, 0.25) is 0 Å². The maximum Gasteiger partial charge on any atom is 0.295 e. The van der Waals surface area contributed by atoms with Crippen LogP contribution >= 0.6 is 0 Å². The van der Waals surface area contributed by atoms with E-state index in [1.807, 2.05) is 20.8 Å². The molecule has 1 aliphatic rings. The number of aliphatic hydroxyl groups excluding tert-OH is 1. The third kappa shape index (κ3) is 5.90. The highest BCUT2D eigenvalue weighted by molar-refractivity contribution is 6.46. The van der Waals surface area contributed by atoms with Crippen LogP contribution in [0.4, 0.5) is 4.39 Å². The van der Waals surface area contributed by atoms with Gasteiger partial charge in [0, 0.05) is 18.7 Å². The molecule has 0 bridgehead atoms. The first-order valence-corrected chi connectivity index (χ1v) is 12.3. The van der Waals surface area contributed by atoms with E-state index in [2.05, 4.69) is 11.8 Å². The lowest BCUT2D eigenvalue weighted by Gasteiger charge is -2.28. The Hall–Kier alpha value is -3.19. The molecule has 1 unspecified atom stereocenters. The summed E-state index contributed by atoms with van der Waals surface area (Å²) in [5, 5.41) is 11.3. The van der Waals surface area contributed by atoms with E-state index in [1.165, 1.54) is 17.0 Å². The normalized spacial score (nSPS) is 17.4. The number of benzene rings is 2. The molecule has 0 aliphatic carbocycles. The molecule has 6 nitrogen and oxygen atoms in total. The summed E-state index contributed by atoms with van der Waals surface area (Å²) < 4.78 is 19.5. The summed E-state index contributed by atoms with van der Waals surface area (Å²) in [5.41, 5.74) is 1.83. The van der Waals surface area contributed by atoms with Gasteiger partial charge < -0.3 is 19.6 Å². The van der Waals surface area contributed by atoms with Crippen molar-refractivity contribution in [3.8, 4) is 5.75 Å². The fraction of sp³-hybridized carbons (Fsp3) is 0.429. The Morgan fingerprint density at radius 3 is 2.37 bits per heavy atom. The van der Waals surface area contributed by atoms with Crippen LogP contribution in [0.3, 0.4) is 0 Å². The summed E-state index contributed by atoms with van der Waals surface area (Å²) in [6.07, 6.45) is 1.96. The lowest BCUT2D eigenvalue weighted by molar-refractivity contribution is -0.140. The minimum absolute atomic E-state index is 0.0141. The quantitative estimate of drug-likeness (QED) is 0.209. The van der Waals surface area contributed by atoms with Crippen molar-refractivity contribution in [2.45, 2.75) is 46.6 Å². The SMILES string of the molecule is CCCCOc1ccc(/C(O)=C2\C(=O)C(=O)N(CCN(CC)CC)C2c2ccc(F)cc2)cc1C. The van der Waals surface area contributed by atoms with E-state index in [0.29, 0.717) is 36.6 Å². The summed E-state index contributed by atoms with van der Waals surface area (Å²) in [6.45, 7) is 11.2. The summed E-state index contributed by atoms with van der Waals surface area (Å²) in [4.78, 5) is 29.9. The van der Waals surface area contributed by atoms with Crippen molar-refractivity contribution in [2.75, 3.05) is 32.8 Å². The van der Waals surface area contributed by atoms with Gasteiger partial charge in [-0.3, -0.25) is 9.59 Å². The number of carbonyl (C=O) groups excluding carboxylic acids is 2. The van der Waals surface area contributed by atoms with Crippen molar-refractivity contribution in [3.63, 3.8) is 0 Å². The molecular weight excluding hydrogens is 447 g/mol. The molecule has 2 aromatic rings. The topological polar surface area (TPSA) is 70.1 Å². The summed E-state index contributed by atoms with van der Waals surface area (Å²) >= 11 is 0. The number of halogens is 1. The highest BCUT2D eigenvalue weighted by atomic mass is 19.1. The van der Waals surface area contributed by atoms with E-state index in [1.54, 1.807) is 30.3 Å². The first kappa shape index (κ1) is 26.4. The van der Waals surface area contributed by atoms with Crippen LogP contribution in [0.15, 0.2) is 48.0 Å². The third-order valence-electron chi connectivity index (χ3n) is 6.48. The van der Waals surface area contributed by atoms with Crippen LogP contribution in [0.25, 0.3) is 5.76 Å². The van der Waals surface area contributed by atoms with Gasteiger partial charge in [0.2, 0.25) is 0 Å². The molecule has 0 aromatic heterocycles. The summed E-state index contributed by atoms with van der Waals surface area (Å²) in [7, 11) is 0. The molecule has 1 heterocycles. The van der Waals surface area contributed by atoms with Crippen molar-refractivity contribution >= 4 is 17.4 Å². The first-order valence-electron chi connectivity index (χ1n) is 12.3. The van der Waals surface area contributed by atoms with E-state index in [-0.39, 0.29) is 11.3 Å². The van der Waals surface area contributed by atoms with Gasteiger partial charge in [-0.1, -0.05) is 39.3 Å². The zero-order chi connectivity index (χ0) is 25.5. The molecule has 0 radical (unpaired) electrons. The highest BCUT2D eigenvalue weighted by Gasteiger charge is 2.46. The molecule has 1 fully saturated rings. The first-order chi connectivity index (χ1) is 16.8. The molecule has 188 valence electrons. The maximum absolute atomic E-state index is 13.7. The number of ketones is 1. The van der Waals surface area contributed by atoms with Crippen LogP contribution in [-0.2, 0) is 9.59 Å². The molecule has 1 N–H and O–H groups in total. The number of ether oxygens (including phenoxy) is 1. The molecule has 1 saturated heterocycles. The van der Waals surface area contributed by atoms with Crippen molar-refractivity contribution < 1.29 is 23.8 Å². The molecule has 3 rings (SSSR count). The van der Waals surface area contributed by atoms with E-state index in [9.17, 15) is 19.1 Å². The Morgan fingerprint density at radius 2 is 1.77 bits per heavy atom. The van der Waals surface area contributed by atoms with Crippen LogP contribution in [0.5, 0.6) is 5.75 Å². The lowest BCUT2D eigenvalue weighted by atomic mass is 9.94. The number of carbonyl (C=O) groups is 2. The number of hydrogen-bond acceptors (Lipinski definition) is 5. The molecule has 1 aliphatic heterocycles. The second kappa shape index (κ2) is 12.0. The van der Waals surface area contributed by atoms with Crippen LogP contribution in [0.1, 0.15) is 56.3 Å². The van der Waals surface area contributed by atoms with Gasteiger partial charge in [0.1, 0.15) is 17.3 Å². The fourth-order valence-electron chi connectivity index (χ4n) is 4.33. The smallest absolute Gasteiger partial charge is 0.295 e. The minimum Gasteiger partial charge on any atom is -0.507 e. The van der Waals surface area contributed by atoms with Crippen molar-refractivity contribution in [1.82, 2.24) is 9.80 Å². The number of aryl methyl sites for hydroxylation is 1. The van der Waals surface area contributed by atoms with Crippen molar-refractivity contribution in [1.29, 1.82) is 0 Å². The number of aliphatic hydroxyl groups is 1. The number of likely N-dealkylation sites (N-methyl/N-ethyl adjacent to an activating group) is 1. The zero-order valence-electron chi connectivity index (χ0n) is 21.0. The van der Waals surface area contributed by atoms with Gasteiger partial charge in [-0.25, -0.2) is 4.39 Å². The van der Waals surface area contributed by atoms with Crippen LogP contribution in [-0.4, -0.2) is 59.4 Å². The minimum atomic E-state index is -0.799. The Labute approximate surface area is 207 Å². The number of Topliss-reactive ketones (excluding diaryl/α,β-unsaturated/α-hetero) is 1. The second-order valence-corrected chi connectivity index (χ2v) is 8.75. The lowest BCUT2D eigenvalue weighted by Crippen LogP contribution is -2.38. The van der Waals surface area contributed by atoms with Gasteiger partial charge in [-0.15, -0.1) is 0 Å². The molecule has 1 atom stereocenters. The Kier molecular flexibility index (Phi) is 9.04. The molecule has 1 amide bonds. The molecule has 35 heavy (non-hydrogen) atoms. The van der Waals surface area contributed by atoms with E-state index in [0.717, 1.165) is 31.5 Å². The van der Waals surface area contributed by atoms with Crippen LogP contribution < -0.4 is 4.74 Å². The monoisotopic (exact) mass is 482 g/mol. The standard InChI is InChI=1S/C28H35FN2O4/c1-5-8-17-35-23-14-11-21(18-19(23)4)26(32)24-25(20-9-12-22(29)13-10-20)31(28(34)27(24)33)16-15-30(6-2)7-3/h9-14,18,25,32H,5-8,15-17H2,1-4H3/b26-24+. The number of amides is 1. The molecule has 0 spiro atoms. The van der Waals surface area contributed by atoms with Gasteiger partial charge in [-0.2, -0.15) is 0 Å². The maximum atomic E-state index is 13.7. The predicted octanol–water partition coefficient (Wildman–Crippen LogP) is 5.08. The molecule has 0 saturated carbocycles. The van der Waals surface area contributed by atoms with E-state index in [4.69, 9.17) is 4.74 Å².